The van der Waals surface area contributed by atoms with E-state index in [9.17, 15) is 5.11 Å². The van der Waals surface area contributed by atoms with Gasteiger partial charge in [-0.2, -0.15) is 0 Å². The number of nitrogens with one attached hydrogen (secondary N) is 1. The van der Waals surface area contributed by atoms with Crippen LogP contribution in [0.2, 0.25) is 0 Å². The first-order valence-electron chi connectivity index (χ1n) is 4.54. The first-order chi connectivity index (χ1) is 6.69. The predicted octanol–water partition coefficient (Wildman–Crippen LogP) is -3.11. The van der Waals surface area contributed by atoms with E-state index in [4.69, 9.17) is 20.4 Å². The lowest BCUT2D eigenvalue weighted by Crippen LogP contribution is -2.43. The molecule has 0 rings (SSSR count). The summed E-state index contributed by atoms with van der Waals surface area (Å²) in [5.74, 6) is -0.499. The second kappa shape index (κ2) is 8.10. The van der Waals surface area contributed by atoms with E-state index in [2.05, 4.69) is 5.32 Å². The van der Waals surface area contributed by atoms with Gasteiger partial charge in [-0.1, -0.05) is 0 Å². The van der Waals surface area contributed by atoms with Gasteiger partial charge in [-0.25, -0.2) is 0 Å². The third-order valence-corrected chi connectivity index (χ3v) is 2.08. The van der Waals surface area contributed by atoms with Gasteiger partial charge in [0.05, 0.1) is 32.0 Å². The molecule has 0 heterocycles. The van der Waals surface area contributed by atoms with Crippen LogP contribution >= 0.6 is 0 Å². The Kier molecular flexibility index (Phi) is 7.96. The van der Waals surface area contributed by atoms with Gasteiger partial charge in [-0.05, 0) is 0 Å². The van der Waals surface area contributed by atoms with Crippen LogP contribution in [0.3, 0.4) is 0 Å². The topological polar surface area (TPSA) is 113 Å². The van der Waals surface area contributed by atoms with Gasteiger partial charge in [0.15, 0.2) is 0 Å². The number of aliphatic hydroxyl groups excluding tert-OH is 5. The average molecular weight is 209 g/mol. The van der Waals surface area contributed by atoms with E-state index in [0.29, 0.717) is 0 Å². The molecule has 6 heteroatoms. The molecule has 0 saturated heterocycles. The minimum Gasteiger partial charge on any atom is -0.396 e. The van der Waals surface area contributed by atoms with E-state index in [1.54, 1.807) is 0 Å². The molecular weight excluding hydrogens is 190 g/mol. The Labute approximate surface area is 82.8 Å². The van der Waals surface area contributed by atoms with E-state index in [1.807, 2.05) is 0 Å². The Balaban J connectivity index is 3.81. The monoisotopic (exact) mass is 209 g/mol. The maximum absolute atomic E-state index is 9.20. The molecule has 0 radical (unpaired) electrons. The number of rotatable bonds is 8. The van der Waals surface area contributed by atoms with E-state index in [-0.39, 0.29) is 26.4 Å². The van der Waals surface area contributed by atoms with Gasteiger partial charge in [-0.3, -0.25) is 0 Å². The van der Waals surface area contributed by atoms with Crippen LogP contribution in [0, 0.1) is 5.92 Å². The summed E-state index contributed by atoms with van der Waals surface area (Å²) in [6.45, 7) is -0.897. The Bertz CT molecular complexity index is 131. The van der Waals surface area contributed by atoms with Crippen LogP contribution in [0.15, 0.2) is 0 Å². The lowest BCUT2D eigenvalue weighted by molar-refractivity contribution is 0.0198. The van der Waals surface area contributed by atoms with Crippen LogP contribution in [0.4, 0.5) is 0 Å². The second-order valence-electron chi connectivity index (χ2n) is 3.16. The molecule has 6 nitrogen and oxygen atoms in total. The van der Waals surface area contributed by atoms with Gasteiger partial charge in [-0.15, -0.1) is 0 Å². The van der Waals surface area contributed by atoms with E-state index < -0.39 is 24.7 Å². The minimum absolute atomic E-state index is 0.218. The standard InChI is InChI=1S/C8H19NO5/c10-2-6(8(14)5-13)1-9-7(3-11)4-12/h6-14H,1-5H2. The molecule has 2 unspecified atom stereocenters. The molecule has 0 aliphatic rings. The molecule has 0 spiro atoms. The summed E-state index contributed by atoms with van der Waals surface area (Å²) in [6, 6.07) is -0.463. The average Bonchev–Trinajstić information content (AvgIpc) is 2.24. The van der Waals surface area contributed by atoms with Crippen molar-refractivity contribution in [3.05, 3.63) is 0 Å². The Morgan fingerprint density at radius 2 is 1.43 bits per heavy atom. The quantitative estimate of drug-likeness (QED) is 0.252. The molecule has 0 fully saturated rings. The van der Waals surface area contributed by atoms with Gasteiger partial charge in [0.1, 0.15) is 0 Å². The molecule has 14 heavy (non-hydrogen) atoms. The molecule has 0 amide bonds. The highest BCUT2D eigenvalue weighted by Gasteiger charge is 2.18. The highest BCUT2D eigenvalue weighted by atomic mass is 16.3. The lowest BCUT2D eigenvalue weighted by atomic mass is 10.0. The van der Waals surface area contributed by atoms with Crippen molar-refractivity contribution in [1.82, 2.24) is 5.32 Å². The van der Waals surface area contributed by atoms with Gasteiger partial charge < -0.3 is 30.8 Å². The zero-order chi connectivity index (χ0) is 11.0. The molecule has 0 bridgehead atoms. The van der Waals surface area contributed by atoms with E-state index in [1.165, 1.54) is 0 Å². The van der Waals surface area contributed by atoms with Gasteiger partial charge >= 0.3 is 0 Å². The van der Waals surface area contributed by atoms with Crippen molar-refractivity contribution in [3.8, 4) is 0 Å². The van der Waals surface area contributed by atoms with Crippen molar-refractivity contribution >= 4 is 0 Å². The Morgan fingerprint density at radius 1 is 0.857 bits per heavy atom. The molecule has 0 aromatic carbocycles. The minimum atomic E-state index is -0.995. The third kappa shape index (κ3) is 4.85. The zero-order valence-corrected chi connectivity index (χ0v) is 8.00. The molecule has 86 valence electrons. The summed E-state index contributed by atoms with van der Waals surface area (Å²) >= 11 is 0. The smallest absolute Gasteiger partial charge is 0.0833 e. The molecule has 0 aromatic rings. The predicted molar refractivity (Wildman–Crippen MR) is 49.6 cm³/mol. The van der Waals surface area contributed by atoms with E-state index >= 15 is 0 Å². The maximum Gasteiger partial charge on any atom is 0.0833 e. The van der Waals surface area contributed by atoms with Crippen LogP contribution in [0.25, 0.3) is 0 Å². The summed E-state index contributed by atoms with van der Waals surface area (Å²) in [4.78, 5) is 0. The normalized spacial score (nSPS) is 15.9. The molecule has 0 saturated carbocycles. The largest absolute Gasteiger partial charge is 0.396 e. The Morgan fingerprint density at radius 3 is 1.79 bits per heavy atom. The summed E-state index contributed by atoms with van der Waals surface area (Å²) < 4.78 is 0. The fourth-order valence-corrected chi connectivity index (χ4v) is 0.976. The van der Waals surface area contributed by atoms with Crippen LogP contribution in [0.5, 0.6) is 0 Å². The fraction of sp³-hybridized carbons (Fsp3) is 1.00. The zero-order valence-electron chi connectivity index (χ0n) is 8.00. The van der Waals surface area contributed by atoms with Gasteiger partial charge in [0.25, 0.3) is 0 Å². The van der Waals surface area contributed by atoms with Crippen molar-refractivity contribution < 1.29 is 25.5 Å². The van der Waals surface area contributed by atoms with Crippen LogP contribution in [-0.2, 0) is 0 Å². The molecular formula is C8H19NO5. The third-order valence-electron chi connectivity index (χ3n) is 2.08. The second-order valence-corrected chi connectivity index (χ2v) is 3.16. The van der Waals surface area contributed by atoms with Crippen LogP contribution in [-0.4, -0.2) is 70.7 Å². The SMILES string of the molecule is OCC(CO)NCC(CO)C(O)CO. The summed E-state index contributed by atoms with van der Waals surface area (Å²) in [5, 5.41) is 46.9. The summed E-state index contributed by atoms with van der Waals surface area (Å²) in [6.07, 6.45) is -0.995. The highest BCUT2D eigenvalue weighted by Crippen LogP contribution is 2.01. The molecule has 2 atom stereocenters. The maximum atomic E-state index is 9.20. The summed E-state index contributed by atoms with van der Waals surface area (Å²) in [7, 11) is 0. The molecule has 0 aromatic heterocycles. The number of hydrogen-bond donors (Lipinski definition) is 6. The van der Waals surface area contributed by atoms with Gasteiger partial charge in [0, 0.05) is 19.1 Å². The number of hydrogen-bond acceptors (Lipinski definition) is 6. The number of aliphatic hydroxyl groups is 5. The van der Waals surface area contributed by atoms with Crippen molar-refractivity contribution in [2.45, 2.75) is 12.1 Å². The van der Waals surface area contributed by atoms with Crippen molar-refractivity contribution in [2.75, 3.05) is 33.0 Å². The van der Waals surface area contributed by atoms with Crippen molar-refractivity contribution in [2.24, 2.45) is 5.92 Å². The lowest BCUT2D eigenvalue weighted by Gasteiger charge is -2.22. The molecule has 0 aliphatic carbocycles. The molecule has 0 aliphatic heterocycles. The van der Waals surface area contributed by atoms with Crippen molar-refractivity contribution in [1.29, 1.82) is 0 Å². The fourth-order valence-electron chi connectivity index (χ4n) is 0.976. The van der Waals surface area contributed by atoms with Crippen LogP contribution < -0.4 is 5.32 Å². The van der Waals surface area contributed by atoms with Crippen molar-refractivity contribution in [3.63, 3.8) is 0 Å². The first-order valence-corrected chi connectivity index (χ1v) is 4.54. The molecule has 6 N–H and O–H groups in total. The first kappa shape index (κ1) is 13.8. The highest BCUT2D eigenvalue weighted by molar-refractivity contribution is 4.73. The van der Waals surface area contributed by atoms with Crippen LogP contribution in [0.1, 0.15) is 0 Å². The van der Waals surface area contributed by atoms with Gasteiger partial charge in [0.2, 0.25) is 0 Å². The Hall–Kier alpha value is -0.240. The summed E-state index contributed by atoms with van der Waals surface area (Å²) in [5.41, 5.74) is 0. The van der Waals surface area contributed by atoms with E-state index in [0.717, 1.165) is 0 Å².